The molecule has 0 fully saturated rings. The Morgan fingerprint density at radius 3 is 2.50 bits per heavy atom. The number of rotatable bonds is 6. The predicted octanol–water partition coefficient (Wildman–Crippen LogP) is 2.42. The lowest BCUT2D eigenvalue weighted by molar-refractivity contribution is -0.152. The van der Waals surface area contributed by atoms with Gasteiger partial charge in [-0.15, -0.1) is 0 Å². The number of sulfonamides is 1. The molecule has 2 aromatic carbocycles. The lowest BCUT2D eigenvalue weighted by atomic mass is 9.97. The molecule has 0 saturated carbocycles. The minimum Gasteiger partial charge on any atom is -0.492 e. The number of ketones is 1. The monoisotopic (exact) mass is 403 g/mol. The van der Waals surface area contributed by atoms with Crippen LogP contribution in [0.5, 0.6) is 5.75 Å². The fourth-order valence-electron chi connectivity index (χ4n) is 2.95. The van der Waals surface area contributed by atoms with Crippen LogP contribution in [0.15, 0.2) is 48.5 Å². The van der Waals surface area contributed by atoms with Crippen molar-refractivity contribution in [2.75, 3.05) is 17.6 Å². The quantitative estimate of drug-likeness (QED) is 0.588. The molecule has 2 aromatic rings. The SMILES string of the molecule is C[C@H](OC(=O)[C@H]1COc2ccccc2C1)C(=O)c1ccc(NS(C)(=O)=O)cc1. The Balaban J connectivity index is 1.60. The Morgan fingerprint density at radius 1 is 1.14 bits per heavy atom. The summed E-state index contributed by atoms with van der Waals surface area (Å²) < 4.78 is 35.7. The first-order chi connectivity index (χ1) is 13.2. The van der Waals surface area contributed by atoms with E-state index < -0.39 is 28.0 Å². The summed E-state index contributed by atoms with van der Waals surface area (Å²) in [7, 11) is -3.39. The number of carbonyl (C=O) groups is 2. The first-order valence-electron chi connectivity index (χ1n) is 8.76. The van der Waals surface area contributed by atoms with Crippen LogP contribution in [0.2, 0.25) is 0 Å². The zero-order chi connectivity index (χ0) is 20.3. The van der Waals surface area contributed by atoms with Crippen LogP contribution in [0.4, 0.5) is 5.69 Å². The maximum atomic E-state index is 12.5. The molecule has 0 aromatic heterocycles. The molecule has 0 radical (unpaired) electrons. The topological polar surface area (TPSA) is 98.8 Å². The van der Waals surface area contributed by atoms with Crippen molar-refractivity contribution in [1.82, 2.24) is 0 Å². The molecule has 0 unspecified atom stereocenters. The largest absolute Gasteiger partial charge is 0.492 e. The van der Waals surface area contributed by atoms with Crippen molar-refractivity contribution in [3.05, 3.63) is 59.7 Å². The fourth-order valence-corrected chi connectivity index (χ4v) is 3.52. The number of anilines is 1. The molecule has 0 saturated heterocycles. The molecule has 1 aliphatic heterocycles. The molecule has 0 spiro atoms. The normalized spacial score (nSPS) is 17.0. The molecule has 0 bridgehead atoms. The summed E-state index contributed by atoms with van der Waals surface area (Å²) >= 11 is 0. The van der Waals surface area contributed by atoms with Gasteiger partial charge in [0.2, 0.25) is 15.8 Å². The second kappa shape index (κ2) is 8.02. The van der Waals surface area contributed by atoms with Crippen LogP contribution in [-0.2, 0) is 26.0 Å². The molecule has 3 rings (SSSR count). The molecule has 8 heteroatoms. The maximum absolute atomic E-state index is 12.5. The van der Waals surface area contributed by atoms with E-state index in [9.17, 15) is 18.0 Å². The van der Waals surface area contributed by atoms with Gasteiger partial charge in [-0.1, -0.05) is 18.2 Å². The van der Waals surface area contributed by atoms with Gasteiger partial charge in [-0.05, 0) is 49.2 Å². The smallest absolute Gasteiger partial charge is 0.313 e. The Labute approximate surface area is 163 Å². The molecule has 28 heavy (non-hydrogen) atoms. The third-order valence-electron chi connectivity index (χ3n) is 4.35. The number of hydrogen-bond donors (Lipinski definition) is 1. The summed E-state index contributed by atoms with van der Waals surface area (Å²) in [4.78, 5) is 24.9. The summed E-state index contributed by atoms with van der Waals surface area (Å²) in [6.45, 7) is 1.73. The van der Waals surface area contributed by atoms with E-state index in [0.717, 1.165) is 17.6 Å². The fraction of sp³-hybridized carbons (Fsp3) is 0.300. The highest BCUT2D eigenvalue weighted by atomic mass is 32.2. The number of Topliss-reactive ketones (excluding diaryl/α,β-unsaturated/α-hetero) is 1. The van der Waals surface area contributed by atoms with Gasteiger partial charge in [0.1, 0.15) is 12.4 Å². The molecular weight excluding hydrogens is 382 g/mol. The number of nitrogens with one attached hydrogen (secondary N) is 1. The van der Waals surface area contributed by atoms with E-state index in [1.807, 2.05) is 24.3 Å². The minimum absolute atomic E-state index is 0.211. The second-order valence-electron chi connectivity index (χ2n) is 6.71. The Morgan fingerprint density at radius 2 is 1.82 bits per heavy atom. The standard InChI is InChI=1S/C20H21NO6S/c1-13(19(22)14-7-9-17(10-8-14)21-28(2,24)25)27-20(23)16-11-15-5-3-4-6-18(15)26-12-16/h3-10,13,16,21H,11-12H2,1-2H3/t13-,16+/m0/s1. The van der Waals surface area contributed by atoms with Crippen molar-refractivity contribution in [2.24, 2.45) is 5.92 Å². The number of fused-ring (bicyclic) bond motifs is 1. The van der Waals surface area contributed by atoms with Crippen molar-refractivity contribution < 1.29 is 27.5 Å². The summed E-state index contributed by atoms with van der Waals surface area (Å²) in [5.41, 5.74) is 1.61. The van der Waals surface area contributed by atoms with Crippen molar-refractivity contribution in [2.45, 2.75) is 19.4 Å². The van der Waals surface area contributed by atoms with Gasteiger partial charge in [0, 0.05) is 11.3 Å². The molecular formula is C20H21NO6S. The van der Waals surface area contributed by atoms with Gasteiger partial charge >= 0.3 is 5.97 Å². The van der Waals surface area contributed by atoms with E-state index >= 15 is 0 Å². The second-order valence-corrected chi connectivity index (χ2v) is 8.46. The highest BCUT2D eigenvalue weighted by Crippen LogP contribution is 2.27. The zero-order valence-corrected chi connectivity index (χ0v) is 16.4. The number of carbonyl (C=O) groups excluding carboxylic acids is 2. The van der Waals surface area contributed by atoms with Crippen molar-refractivity contribution >= 4 is 27.5 Å². The van der Waals surface area contributed by atoms with Crippen molar-refractivity contribution in [1.29, 1.82) is 0 Å². The number of ether oxygens (including phenoxy) is 2. The van der Waals surface area contributed by atoms with Crippen LogP contribution in [0, 0.1) is 5.92 Å². The van der Waals surface area contributed by atoms with Gasteiger partial charge < -0.3 is 9.47 Å². The van der Waals surface area contributed by atoms with Crippen LogP contribution >= 0.6 is 0 Å². The lowest BCUT2D eigenvalue weighted by Crippen LogP contribution is -2.34. The van der Waals surface area contributed by atoms with Crippen LogP contribution in [0.1, 0.15) is 22.8 Å². The van der Waals surface area contributed by atoms with Crippen molar-refractivity contribution in [3.8, 4) is 5.75 Å². The predicted molar refractivity (Wildman–Crippen MR) is 104 cm³/mol. The first kappa shape index (κ1) is 19.9. The van der Waals surface area contributed by atoms with E-state index in [-0.39, 0.29) is 12.4 Å². The average Bonchev–Trinajstić information content (AvgIpc) is 2.66. The molecule has 0 amide bonds. The van der Waals surface area contributed by atoms with E-state index in [1.165, 1.54) is 31.2 Å². The van der Waals surface area contributed by atoms with Crippen LogP contribution in [-0.4, -0.2) is 39.1 Å². The van der Waals surface area contributed by atoms with Gasteiger partial charge in [0.15, 0.2) is 6.10 Å². The Kier molecular flexibility index (Phi) is 5.69. The number of para-hydroxylation sites is 1. The van der Waals surface area contributed by atoms with Gasteiger partial charge in [-0.25, -0.2) is 8.42 Å². The van der Waals surface area contributed by atoms with Gasteiger partial charge in [-0.3, -0.25) is 14.3 Å². The maximum Gasteiger partial charge on any atom is 0.313 e. The van der Waals surface area contributed by atoms with Gasteiger partial charge in [-0.2, -0.15) is 0 Å². The molecule has 148 valence electrons. The molecule has 1 heterocycles. The summed E-state index contributed by atoms with van der Waals surface area (Å²) in [5, 5.41) is 0. The van der Waals surface area contributed by atoms with Crippen molar-refractivity contribution in [3.63, 3.8) is 0 Å². The number of benzene rings is 2. The third kappa shape index (κ3) is 4.89. The molecule has 1 N–H and O–H groups in total. The van der Waals surface area contributed by atoms with Crippen LogP contribution < -0.4 is 9.46 Å². The molecule has 2 atom stereocenters. The van der Waals surface area contributed by atoms with E-state index in [0.29, 0.717) is 17.7 Å². The summed E-state index contributed by atoms with van der Waals surface area (Å²) in [6.07, 6.45) is 0.585. The summed E-state index contributed by atoms with van der Waals surface area (Å²) in [6, 6.07) is 13.4. The van der Waals surface area contributed by atoms with E-state index in [4.69, 9.17) is 9.47 Å². The summed E-state index contributed by atoms with van der Waals surface area (Å²) in [5.74, 6) is -0.549. The Hall–Kier alpha value is -2.87. The molecule has 7 nitrogen and oxygen atoms in total. The zero-order valence-electron chi connectivity index (χ0n) is 15.5. The molecule has 1 aliphatic rings. The van der Waals surface area contributed by atoms with E-state index in [1.54, 1.807) is 0 Å². The van der Waals surface area contributed by atoms with Crippen LogP contribution in [0.25, 0.3) is 0 Å². The minimum atomic E-state index is -3.39. The highest BCUT2D eigenvalue weighted by Gasteiger charge is 2.30. The number of hydrogen-bond acceptors (Lipinski definition) is 6. The highest BCUT2D eigenvalue weighted by molar-refractivity contribution is 7.92. The molecule has 0 aliphatic carbocycles. The first-order valence-corrected chi connectivity index (χ1v) is 10.7. The van der Waals surface area contributed by atoms with E-state index in [2.05, 4.69) is 4.72 Å². The van der Waals surface area contributed by atoms with Gasteiger partial charge in [0.05, 0.1) is 12.2 Å². The average molecular weight is 403 g/mol. The third-order valence-corrected chi connectivity index (χ3v) is 4.95. The number of esters is 1. The Bertz CT molecular complexity index is 984. The van der Waals surface area contributed by atoms with Gasteiger partial charge in [0.25, 0.3) is 0 Å². The van der Waals surface area contributed by atoms with Crippen LogP contribution in [0.3, 0.4) is 0 Å². The lowest BCUT2D eigenvalue weighted by Gasteiger charge is -2.25.